The van der Waals surface area contributed by atoms with Gasteiger partial charge >= 0.3 is 0 Å². The van der Waals surface area contributed by atoms with Gasteiger partial charge in [-0.3, -0.25) is 9.78 Å². The van der Waals surface area contributed by atoms with Gasteiger partial charge in [0.2, 0.25) is 0 Å². The van der Waals surface area contributed by atoms with Crippen molar-refractivity contribution < 1.29 is 4.79 Å². The molecule has 0 saturated carbocycles. The molecule has 0 spiro atoms. The Labute approximate surface area is 111 Å². The number of aryl methyl sites for hydroxylation is 1. The zero-order chi connectivity index (χ0) is 13.0. The van der Waals surface area contributed by atoms with Crippen molar-refractivity contribution in [3.63, 3.8) is 0 Å². The van der Waals surface area contributed by atoms with Gasteiger partial charge in [0, 0.05) is 16.8 Å². The number of aromatic nitrogens is 1. The van der Waals surface area contributed by atoms with Gasteiger partial charge in [0.05, 0.1) is 11.3 Å². The highest BCUT2D eigenvalue weighted by molar-refractivity contribution is 7.98. The summed E-state index contributed by atoms with van der Waals surface area (Å²) in [6, 6.07) is 11.3. The van der Waals surface area contributed by atoms with Crippen molar-refractivity contribution in [2.75, 3.05) is 11.6 Å². The molecule has 1 N–H and O–H groups in total. The molecule has 2 aromatic rings. The van der Waals surface area contributed by atoms with Crippen molar-refractivity contribution in [3.8, 4) is 0 Å². The highest BCUT2D eigenvalue weighted by Crippen LogP contribution is 2.24. The van der Waals surface area contributed by atoms with Crippen LogP contribution in [-0.4, -0.2) is 17.1 Å². The molecule has 18 heavy (non-hydrogen) atoms. The lowest BCUT2D eigenvalue weighted by atomic mass is 10.2. The van der Waals surface area contributed by atoms with Crippen molar-refractivity contribution in [3.05, 3.63) is 53.9 Å². The highest BCUT2D eigenvalue weighted by Gasteiger charge is 2.08. The number of amides is 1. The lowest BCUT2D eigenvalue weighted by Crippen LogP contribution is -2.12. The predicted molar refractivity (Wildman–Crippen MR) is 75.2 cm³/mol. The Bertz CT molecular complexity index is 552. The molecule has 0 radical (unpaired) electrons. The molecule has 1 aromatic carbocycles. The van der Waals surface area contributed by atoms with E-state index in [1.54, 1.807) is 24.0 Å². The van der Waals surface area contributed by atoms with Gasteiger partial charge in [-0.25, -0.2) is 0 Å². The lowest BCUT2D eigenvalue weighted by Gasteiger charge is -2.09. The van der Waals surface area contributed by atoms with E-state index in [0.29, 0.717) is 5.56 Å². The molecule has 1 aromatic heterocycles. The Balaban J connectivity index is 2.18. The van der Waals surface area contributed by atoms with Crippen LogP contribution in [0.5, 0.6) is 0 Å². The second-order valence-electron chi connectivity index (χ2n) is 3.84. The summed E-state index contributed by atoms with van der Waals surface area (Å²) >= 11 is 1.60. The molecule has 0 atom stereocenters. The molecule has 3 nitrogen and oxygen atoms in total. The number of carbonyl (C=O) groups excluding carboxylic acids is 1. The number of carbonyl (C=O) groups is 1. The van der Waals surface area contributed by atoms with Crippen molar-refractivity contribution in [2.45, 2.75) is 11.8 Å². The number of hydrogen-bond acceptors (Lipinski definition) is 3. The maximum absolute atomic E-state index is 12.0. The van der Waals surface area contributed by atoms with Gasteiger partial charge in [-0.2, -0.15) is 0 Å². The third kappa shape index (κ3) is 2.90. The molecule has 1 amide bonds. The molecule has 92 valence electrons. The van der Waals surface area contributed by atoms with Crippen LogP contribution in [0.4, 0.5) is 5.69 Å². The Morgan fingerprint density at radius 1 is 1.22 bits per heavy atom. The Morgan fingerprint density at radius 2 is 2.00 bits per heavy atom. The van der Waals surface area contributed by atoms with Crippen LogP contribution in [0.1, 0.15) is 16.1 Å². The molecule has 0 aliphatic heterocycles. The highest BCUT2D eigenvalue weighted by atomic mass is 32.2. The molecule has 0 saturated heterocycles. The fourth-order valence-corrected chi connectivity index (χ4v) is 2.10. The molecular weight excluding hydrogens is 244 g/mol. The first-order valence-corrected chi connectivity index (χ1v) is 6.80. The SMILES string of the molecule is CSc1ccccc1NC(=O)c1ccc(C)nc1. The van der Waals surface area contributed by atoms with Crippen molar-refractivity contribution in [1.29, 1.82) is 0 Å². The second kappa shape index (κ2) is 5.69. The van der Waals surface area contributed by atoms with Crippen molar-refractivity contribution >= 4 is 23.4 Å². The van der Waals surface area contributed by atoms with Crippen LogP contribution in [0.25, 0.3) is 0 Å². The number of thioether (sulfide) groups is 1. The van der Waals surface area contributed by atoms with Crippen LogP contribution in [0.15, 0.2) is 47.5 Å². The molecule has 0 unspecified atom stereocenters. The third-order valence-electron chi connectivity index (χ3n) is 2.53. The average molecular weight is 258 g/mol. The van der Waals surface area contributed by atoms with E-state index in [-0.39, 0.29) is 5.91 Å². The van der Waals surface area contributed by atoms with Gasteiger partial charge in [-0.1, -0.05) is 12.1 Å². The molecular formula is C14H14N2OS. The maximum atomic E-state index is 12.0. The Morgan fingerprint density at radius 3 is 2.67 bits per heavy atom. The van der Waals surface area contributed by atoms with Crippen LogP contribution >= 0.6 is 11.8 Å². The number of nitrogens with one attached hydrogen (secondary N) is 1. The van der Waals surface area contributed by atoms with E-state index < -0.39 is 0 Å². The van der Waals surface area contributed by atoms with Crippen molar-refractivity contribution in [2.24, 2.45) is 0 Å². The molecule has 0 aliphatic carbocycles. The van der Waals surface area contributed by atoms with E-state index in [2.05, 4.69) is 10.3 Å². The molecule has 0 fully saturated rings. The van der Waals surface area contributed by atoms with E-state index in [9.17, 15) is 4.79 Å². The van der Waals surface area contributed by atoms with E-state index in [1.165, 1.54) is 0 Å². The minimum Gasteiger partial charge on any atom is -0.321 e. The first kappa shape index (κ1) is 12.6. The largest absolute Gasteiger partial charge is 0.321 e. The molecule has 0 aliphatic rings. The summed E-state index contributed by atoms with van der Waals surface area (Å²) in [6.45, 7) is 1.89. The fourth-order valence-electron chi connectivity index (χ4n) is 1.54. The fraction of sp³-hybridized carbons (Fsp3) is 0.143. The standard InChI is InChI=1S/C14H14N2OS/c1-10-7-8-11(9-15-10)14(17)16-12-5-3-4-6-13(12)18-2/h3-9H,1-2H3,(H,16,17). The Hall–Kier alpha value is -1.81. The Kier molecular flexibility index (Phi) is 3.99. The quantitative estimate of drug-likeness (QED) is 0.858. The van der Waals surface area contributed by atoms with E-state index in [4.69, 9.17) is 0 Å². The summed E-state index contributed by atoms with van der Waals surface area (Å²) in [4.78, 5) is 17.2. The summed E-state index contributed by atoms with van der Waals surface area (Å²) in [5, 5.41) is 2.90. The van der Waals surface area contributed by atoms with E-state index in [1.807, 2.05) is 43.5 Å². The minimum atomic E-state index is -0.135. The molecule has 1 heterocycles. The maximum Gasteiger partial charge on any atom is 0.257 e. The van der Waals surface area contributed by atoms with Crippen LogP contribution in [0.3, 0.4) is 0 Å². The number of nitrogens with zero attached hydrogens (tertiary/aromatic N) is 1. The van der Waals surface area contributed by atoms with Crippen LogP contribution in [0, 0.1) is 6.92 Å². The smallest absolute Gasteiger partial charge is 0.257 e. The topological polar surface area (TPSA) is 42.0 Å². The summed E-state index contributed by atoms with van der Waals surface area (Å²) < 4.78 is 0. The zero-order valence-electron chi connectivity index (χ0n) is 10.3. The number of hydrogen-bond donors (Lipinski definition) is 1. The van der Waals surface area contributed by atoms with Gasteiger partial charge in [-0.05, 0) is 37.4 Å². The number of rotatable bonds is 3. The van der Waals surface area contributed by atoms with Crippen LogP contribution in [0.2, 0.25) is 0 Å². The second-order valence-corrected chi connectivity index (χ2v) is 4.69. The summed E-state index contributed by atoms with van der Waals surface area (Å²) in [5.41, 5.74) is 2.29. The van der Waals surface area contributed by atoms with Crippen LogP contribution in [-0.2, 0) is 0 Å². The summed E-state index contributed by atoms with van der Waals surface area (Å²) in [7, 11) is 0. The van der Waals surface area contributed by atoms with Gasteiger partial charge < -0.3 is 5.32 Å². The monoisotopic (exact) mass is 258 g/mol. The average Bonchev–Trinajstić information content (AvgIpc) is 2.40. The van der Waals surface area contributed by atoms with Gasteiger partial charge in [0.1, 0.15) is 0 Å². The number of pyridine rings is 1. The van der Waals surface area contributed by atoms with Gasteiger partial charge in [-0.15, -0.1) is 11.8 Å². The molecule has 2 rings (SSSR count). The molecule has 0 bridgehead atoms. The molecule has 4 heteroatoms. The number of benzene rings is 1. The number of para-hydroxylation sites is 1. The first-order valence-electron chi connectivity index (χ1n) is 5.58. The lowest BCUT2D eigenvalue weighted by molar-refractivity contribution is 0.102. The first-order chi connectivity index (χ1) is 8.70. The van der Waals surface area contributed by atoms with Gasteiger partial charge in [0.15, 0.2) is 0 Å². The summed E-state index contributed by atoms with van der Waals surface area (Å²) in [6.07, 6.45) is 3.57. The van der Waals surface area contributed by atoms with E-state index in [0.717, 1.165) is 16.3 Å². The minimum absolute atomic E-state index is 0.135. The number of anilines is 1. The van der Waals surface area contributed by atoms with Crippen molar-refractivity contribution in [1.82, 2.24) is 4.98 Å². The predicted octanol–water partition coefficient (Wildman–Crippen LogP) is 3.36. The van der Waals surface area contributed by atoms with E-state index >= 15 is 0 Å². The summed E-state index contributed by atoms with van der Waals surface area (Å²) in [5.74, 6) is -0.135. The zero-order valence-corrected chi connectivity index (χ0v) is 11.1. The van der Waals surface area contributed by atoms with Crippen LogP contribution < -0.4 is 5.32 Å². The normalized spacial score (nSPS) is 10.1. The third-order valence-corrected chi connectivity index (χ3v) is 3.32. The van der Waals surface area contributed by atoms with Gasteiger partial charge in [0.25, 0.3) is 5.91 Å².